The van der Waals surface area contributed by atoms with Gasteiger partial charge in [-0.1, -0.05) is 28.9 Å². The topological polar surface area (TPSA) is 88.1 Å². The number of rotatable bonds is 7. The van der Waals surface area contributed by atoms with E-state index in [1.165, 1.54) is 44.6 Å². The van der Waals surface area contributed by atoms with E-state index in [0.717, 1.165) is 9.87 Å². The molecule has 9 heteroatoms. The van der Waals surface area contributed by atoms with Crippen LogP contribution >= 0.6 is 11.6 Å². The van der Waals surface area contributed by atoms with Crippen molar-refractivity contribution in [1.29, 1.82) is 0 Å². The molecule has 0 unspecified atom stereocenters. The molecule has 2 aromatic carbocycles. The smallest absolute Gasteiger partial charge is 0.265 e. The van der Waals surface area contributed by atoms with Gasteiger partial charge >= 0.3 is 0 Å². The highest BCUT2D eigenvalue weighted by atomic mass is 35.5. The number of hydrogen-bond donors (Lipinski definition) is 1. The predicted molar refractivity (Wildman–Crippen MR) is 101 cm³/mol. The fourth-order valence-corrected chi connectivity index (χ4v) is 2.89. The van der Waals surface area contributed by atoms with Crippen LogP contribution < -0.4 is 5.32 Å². The van der Waals surface area contributed by atoms with E-state index in [9.17, 15) is 13.2 Å². The number of carbonyl (C=O) groups is 1. The second kappa shape index (κ2) is 8.79. The molecule has 7 nitrogen and oxygen atoms in total. The van der Waals surface area contributed by atoms with Crippen LogP contribution in [0, 0.1) is 0 Å². The lowest BCUT2D eigenvalue weighted by Crippen LogP contribution is -2.22. The normalized spacial score (nSPS) is 11.7. The van der Waals surface area contributed by atoms with Crippen LogP contribution in [-0.2, 0) is 19.7 Å². The number of amides is 1. The molecule has 0 aliphatic rings. The summed E-state index contributed by atoms with van der Waals surface area (Å²) in [6, 6.07) is 12.8. The lowest BCUT2D eigenvalue weighted by molar-refractivity contribution is -0.120. The minimum Gasteiger partial charge on any atom is -0.386 e. The summed E-state index contributed by atoms with van der Waals surface area (Å²) in [6.07, 6.45) is 1.46. The average molecular weight is 396 g/mol. The predicted octanol–water partition coefficient (Wildman–Crippen LogP) is 2.58. The fourth-order valence-electron chi connectivity index (χ4n) is 1.86. The van der Waals surface area contributed by atoms with Crippen LogP contribution in [0.5, 0.6) is 0 Å². The van der Waals surface area contributed by atoms with Crippen LogP contribution in [0.2, 0.25) is 5.02 Å². The van der Waals surface area contributed by atoms with Gasteiger partial charge in [-0.3, -0.25) is 4.79 Å². The number of anilines is 1. The summed E-state index contributed by atoms with van der Waals surface area (Å²) in [5.74, 6) is -0.415. The van der Waals surface area contributed by atoms with Gasteiger partial charge in [0.15, 0.2) is 6.61 Å². The summed E-state index contributed by atoms with van der Waals surface area (Å²) < 4.78 is 25.1. The average Bonchev–Trinajstić information content (AvgIpc) is 2.60. The summed E-state index contributed by atoms with van der Waals surface area (Å²) >= 11 is 5.78. The molecule has 1 amide bonds. The Hall–Kier alpha value is -2.42. The number of carbonyl (C=O) groups excluding carboxylic acids is 1. The quantitative estimate of drug-likeness (QED) is 0.576. The molecule has 0 atom stereocenters. The largest absolute Gasteiger partial charge is 0.386 e. The Kier molecular flexibility index (Phi) is 6.73. The van der Waals surface area contributed by atoms with Crippen molar-refractivity contribution in [3.05, 3.63) is 59.1 Å². The van der Waals surface area contributed by atoms with Gasteiger partial charge in [0.25, 0.3) is 5.91 Å². The van der Waals surface area contributed by atoms with E-state index in [4.69, 9.17) is 16.4 Å². The Bertz CT molecular complexity index is 879. The van der Waals surface area contributed by atoms with E-state index in [-0.39, 0.29) is 11.5 Å². The molecule has 0 aromatic heterocycles. The first-order valence-corrected chi connectivity index (χ1v) is 9.34. The molecular formula is C17H18ClN3O4S. The molecule has 0 spiro atoms. The van der Waals surface area contributed by atoms with E-state index in [2.05, 4.69) is 10.5 Å². The van der Waals surface area contributed by atoms with Crippen molar-refractivity contribution in [2.75, 3.05) is 26.0 Å². The Labute approximate surface area is 157 Å². The summed E-state index contributed by atoms with van der Waals surface area (Å²) in [6.45, 7) is -0.276. The minimum absolute atomic E-state index is 0.143. The number of oxime groups is 1. The van der Waals surface area contributed by atoms with E-state index >= 15 is 0 Å². The zero-order valence-corrected chi connectivity index (χ0v) is 15.8. The first-order valence-electron chi connectivity index (χ1n) is 7.52. The van der Waals surface area contributed by atoms with Crippen molar-refractivity contribution in [3.8, 4) is 0 Å². The molecule has 2 rings (SSSR count). The zero-order valence-electron chi connectivity index (χ0n) is 14.2. The van der Waals surface area contributed by atoms with Gasteiger partial charge in [0, 0.05) is 24.8 Å². The van der Waals surface area contributed by atoms with Crippen LogP contribution in [0.3, 0.4) is 0 Å². The highest BCUT2D eigenvalue weighted by molar-refractivity contribution is 7.89. The Morgan fingerprint density at radius 1 is 1.15 bits per heavy atom. The maximum atomic E-state index is 12.0. The van der Waals surface area contributed by atoms with Gasteiger partial charge in [-0.2, -0.15) is 0 Å². The van der Waals surface area contributed by atoms with Crippen LogP contribution in [0.25, 0.3) is 0 Å². The Morgan fingerprint density at radius 2 is 1.77 bits per heavy atom. The minimum atomic E-state index is -3.50. The van der Waals surface area contributed by atoms with Crippen LogP contribution in [0.1, 0.15) is 5.56 Å². The number of benzene rings is 2. The SMILES string of the molecule is CN(C)S(=O)(=O)c1ccc(NC(=O)CO/N=C/c2ccc(Cl)cc2)cc1. The molecule has 0 aliphatic heterocycles. The Balaban J connectivity index is 1.85. The van der Waals surface area contributed by atoms with Crippen molar-refractivity contribution in [2.45, 2.75) is 4.90 Å². The molecule has 26 heavy (non-hydrogen) atoms. The third-order valence-electron chi connectivity index (χ3n) is 3.26. The summed E-state index contributed by atoms with van der Waals surface area (Å²) in [5.41, 5.74) is 1.24. The van der Waals surface area contributed by atoms with Gasteiger partial charge in [0.2, 0.25) is 10.0 Å². The first kappa shape index (κ1) is 19.9. The summed E-state index contributed by atoms with van der Waals surface area (Å²) in [5, 5.41) is 6.91. The van der Waals surface area contributed by atoms with Crippen LogP contribution in [0.15, 0.2) is 58.6 Å². The standard InChI is InChI=1S/C17H18ClN3O4S/c1-21(2)26(23,24)16-9-7-15(8-10-16)20-17(22)12-25-19-11-13-3-5-14(18)6-4-13/h3-11H,12H2,1-2H3,(H,20,22)/b19-11+. The van der Waals surface area contributed by atoms with E-state index in [1.54, 1.807) is 24.3 Å². The van der Waals surface area contributed by atoms with Gasteiger partial charge in [0.05, 0.1) is 11.1 Å². The molecule has 0 radical (unpaired) electrons. The van der Waals surface area contributed by atoms with Crippen molar-refractivity contribution in [3.63, 3.8) is 0 Å². The van der Waals surface area contributed by atoms with Gasteiger partial charge in [-0.25, -0.2) is 12.7 Å². The lowest BCUT2D eigenvalue weighted by atomic mass is 10.2. The highest BCUT2D eigenvalue weighted by Crippen LogP contribution is 2.16. The molecular weight excluding hydrogens is 378 g/mol. The second-order valence-corrected chi connectivity index (χ2v) is 8.01. The third kappa shape index (κ3) is 5.55. The van der Waals surface area contributed by atoms with Gasteiger partial charge in [0.1, 0.15) is 0 Å². The van der Waals surface area contributed by atoms with Crippen molar-refractivity contribution < 1.29 is 18.0 Å². The zero-order chi connectivity index (χ0) is 19.2. The number of halogens is 1. The van der Waals surface area contributed by atoms with Crippen molar-refractivity contribution in [1.82, 2.24) is 4.31 Å². The number of hydrogen-bond acceptors (Lipinski definition) is 5. The lowest BCUT2D eigenvalue weighted by Gasteiger charge is -2.11. The molecule has 0 fully saturated rings. The maximum Gasteiger partial charge on any atom is 0.265 e. The molecule has 0 aliphatic carbocycles. The third-order valence-corrected chi connectivity index (χ3v) is 5.34. The van der Waals surface area contributed by atoms with Gasteiger partial charge < -0.3 is 10.2 Å². The van der Waals surface area contributed by atoms with E-state index < -0.39 is 15.9 Å². The highest BCUT2D eigenvalue weighted by Gasteiger charge is 2.16. The molecule has 2 aromatic rings. The monoisotopic (exact) mass is 395 g/mol. The van der Waals surface area contributed by atoms with Gasteiger partial charge in [-0.05, 0) is 42.0 Å². The summed E-state index contributed by atoms with van der Waals surface area (Å²) in [4.78, 5) is 16.9. The van der Waals surface area contributed by atoms with Crippen LogP contribution in [0.4, 0.5) is 5.69 Å². The van der Waals surface area contributed by atoms with E-state index in [0.29, 0.717) is 10.7 Å². The maximum absolute atomic E-state index is 12.0. The molecule has 0 heterocycles. The Morgan fingerprint density at radius 3 is 2.35 bits per heavy atom. The van der Waals surface area contributed by atoms with Crippen molar-refractivity contribution in [2.24, 2.45) is 5.16 Å². The molecule has 1 N–H and O–H groups in total. The number of nitrogens with zero attached hydrogens (tertiary/aromatic N) is 2. The molecule has 0 saturated heterocycles. The molecule has 0 bridgehead atoms. The molecule has 138 valence electrons. The summed E-state index contributed by atoms with van der Waals surface area (Å²) in [7, 11) is -0.598. The number of sulfonamides is 1. The van der Waals surface area contributed by atoms with Gasteiger partial charge in [-0.15, -0.1) is 0 Å². The number of nitrogens with one attached hydrogen (secondary N) is 1. The van der Waals surface area contributed by atoms with Crippen molar-refractivity contribution >= 4 is 39.4 Å². The second-order valence-electron chi connectivity index (χ2n) is 5.42. The fraction of sp³-hybridized carbons (Fsp3) is 0.176. The van der Waals surface area contributed by atoms with Crippen LogP contribution in [-0.4, -0.2) is 45.5 Å². The first-order chi connectivity index (χ1) is 12.3. The molecule has 0 saturated carbocycles. The van der Waals surface area contributed by atoms with E-state index in [1.807, 2.05) is 0 Å².